The quantitative estimate of drug-likeness (QED) is 0.472. The highest BCUT2D eigenvalue weighted by Crippen LogP contribution is 2.13. The lowest BCUT2D eigenvalue weighted by atomic mass is 10.1. The van der Waals surface area contributed by atoms with Gasteiger partial charge in [0, 0.05) is 12.2 Å². The standard InChI is InChI=1S/C14H23N3S/c1-11-6-7-13(10-12(11)2)17-14(15)16-8-4-5-9-18-3/h6-7,10H,4-5,8-9H2,1-3H3,(H3,15,16,17). The van der Waals surface area contributed by atoms with Crippen molar-refractivity contribution in [3.8, 4) is 0 Å². The number of benzene rings is 1. The topological polar surface area (TPSA) is 50.4 Å². The van der Waals surface area contributed by atoms with Crippen molar-refractivity contribution in [2.75, 3.05) is 23.9 Å². The molecule has 0 unspecified atom stereocenters. The lowest BCUT2D eigenvalue weighted by molar-refractivity contribution is 0.815. The average Bonchev–Trinajstić information content (AvgIpc) is 2.34. The SMILES string of the molecule is CSCCCCN=C(N)Nc1ccc(C)c(C)c1. The second-order valence-electron chi connectivity index (χ2n) is 4.39. The molecule has 100 valence electrons. The summed E-state index contributed by atoms with van der Waals surface area (Å²) in [5.74, 6) is 1.70. The van der Waals surface area contributed by atoms with E-state index in [0.717, 1.165) is 18.7 Å². The second kappa shape index (κ2) is 8.03. The van der Waals surface area contributed by atoms with Gasteiger partial charge in [-0.3, -0.25) is 4.99 Å². The van der Waals surface area contributed by atoms with Crippen LogP contribution in [-0.4, -0.2) is 24.5 Å². The van der Waals surface area contributed by atoms with Gasteiger partial charge in [0.1, 0.15) is 0 Å². The number of aryl methyl sites for hydroxylation is 2. The van der Waals surface area contributed by atoms with Crippen LogP contribution in [0, 0.1) is 13.8 Å². The van der Waals surface area contributed by atoms with Crippen molar-refractivity contribution in [3.63, 3.8) is 0 Å². The summed E-state index contributed by atoms with van der Waals surface area (Å²) in [6, 6.07) is 6.20. The molecule has 0 aliphatic carbocycles. The number of hydrogen-bond acceptors (Lipinski definition) is 2. The lowest BCUT2D eigenvalue weighted by Gasteiger charge is -2.08. The molecule has 1 aromatic carbocycles. The number of nitrogens with zero attached hydrogens (tertiary/aromatic N) is 1. The van der Waals surface area contributed by atoms with Crippen LogP contribution >= 0.6 is 11.8 Å². The van der Waals surface area contributed by atoms with E-state index in [9.17, 15) is 0 Å². The van der Waals surface area contributed by atoms with Gasteiger partial charge in [-0.1, -0.05) is 6.07 Å². The van der Waals surface area contributed by atoms with E-state index < -0.39 is 0 Å². The summed E-state index contributed by atoms with van der Waals surface area (Å²) in [6.07, 6.45) is 4.41. The van der Waals surface area contributed by atoms with Gasteiger partial charge < -0.3 is 11.1 Å². The Bertz CT molecular complexity index is 402. The predicted molar refractivity (Wildman–Crippen MR) is 83.6 cm³/mol. The predicted octanol–water partition coefficient (Wildman–Crippen LogP) is 3.17. The molecular formula is C14H23N3S. The summed E-state index contributed by atoms with van der Waals surface area (Å²) in [5, 5.41) is 3.12. The monoisotopic (exact) mass is 265 g/mol. The third-order valence-corrected chi connectivity index (χ3v) is 3.51. The fourth-order valence-electron chi connectivity index (χ4n) is 1.56. The number of guanidine groups is 1. The van der Waals surface area contributed by atoms with Gasteiger partial charge in [-0.15, -0.1) is 0 Å². The number of nitrogens with two attached hydrogens (primary N) is 1. The minimum atomic E-state index is 0.502. The smallest absolute Gasteiger partial charge is 0.193 e. The van der Waals surface area contributed by atoms with Crippen LogP contribution < -0.4 is 11.1 Å². The molecule has 0 amide bonds. The van der Waals surface area contributed by atoms with Crippen molar-refractivity contribution in [2.45, 2.75) is 26.7 Å². The van der Waals surface area contributed by atoms with E-state index in [-0.39, 0.29) is 0 Å². The van der Waals surface area contributed by atoms with Crippen molar-refractivity contribution in [2.24, 2.45) is 10.7 Å². The number of rotatable bonds is 6. The van der Waals surface area contributed by atoms with E-state index in [1.54, 1.807) is 0 Å². The molecule has 0 bridgehead atoms. The van der Waals surface area contributed by atoms with E-state index >= 15 is 0 Å². The zero-order valence-corrected chi connectivity index (χ0v) is 12.3. The first-order valence-electron chi connectivity index (χ1n) is 6.26. The van der Waals surface area contributed by atoms with Gasteiger partial charge in [-0.05, 0) is 62.0 Å². The Labute approximate surface area is 114 Å². The van der Waals surface area contributed by atoms with Gasteiger partial charge in [0.2, 0.25) is 0 Å². The van der Waals surface area contributed by atoms with Crippen LogP contribution in [0.15, 0.2) is 23.2 Å². The maximum atomic E-state index is 5.84. The molecule has 18 heavy (non-hydrogen) atoms. The lowest BCUT2D eigenvalue weighted by Crippen LogP contribution is -2.22. The first-order valence-corrected chi connectivity index (χ1v) is 7.66. The third-order valence-electron chi connectivity index (χ3n) is 2.82. The Morgan fingerprint density at radius 2 is 2.06 bits per heavy atom. The third kappa shape index (κ3) is 5.45. The van der Waals surface area contributed by atoms with E-state index in [2.05, 4.69) is 42.5 Å². The molecule has 0 aliphatic rings. The highest BCUT2D eigenvalue weighted by Gasteiger charge is 1.97. The molecule has 0 radical (unpaired) electrons. The molecule has 0 saturated carbocycles. The Balaban J connectivity index is 2.40. The number of nitrogens with one attached hydrogen (secondary N) is 1. The zero-order chi connectivity index (χ0) is 13.4. The van der Waals surface area contributed by atoms with Gasteiger partial charge >= 0.3 is 0 Å². The van der Waals surface area contributed by atoms with Gasteiger partial charge in [-0.25, -0.2) is 0 Å². The van der Waals surface area contributed by atoms with Crippen LogP contribution in [0.1, 0.15) is 24.0 Å². The molecular weight excluding hydrogens is 242 g/mol. The highest BCUT2D eigenvalue weighted by molar-refractivity contribution is 7.98. The Morgan fingerprint density at radius 3 is 2.72 bits per heavy atom. The van der Waals surface area contributed by atoms with Crippen LogP contribution in [0.5, 0.6) is 0 Å². The van der Waals surface area contributed by atoms with E-state index in [4.69, 9.17) is 5.73 Å². The minimum Gasteiger partial charge on any atom is -0.370 e. The first-order chi connectivity index (χ1) is 8.63. The first kappa shape index (κ1) is 14.9. The molecule has 3 nitrogen and oxygen atoms in total. The average molecular weight is 265 g/mol. The number of unbranched alkanes of at least 4 members (excludes halogenated alkanes) is 1. The van der Waals surface area contributed by atoms with Crippen molar-refractivity contribution in [3.05, 3.63) is 29.3 Å². The molecule has 0 saturated heterocycles. The second-order valence-corrected chi connectivity index (χ2v) is 5.38. The summed E-state index contributed by atoms with van der Waals surface area (Å²) in [4.78, 5) is 4.32. The fraction of sp³-hybridized carbons (Fsp3) is 0.500. The normalized spacial score (nSPS) is 11.6. The molecule has 0 aliphatic heterocycles. The summed E-state index contributed by atoms with van der Waals surface area (Å²) < 4.78 is 0. The van der Waals surface area contributed by atoms with Crippen molar-refractivity contribution in [1.82, 2.24) is 0 Å². The largest absolute Gasteiger partial charge is 0.370 e. The van der Waals surface area contributed by atoms with Crippen LogP contribution in [0.25, 0.3) is 0 Å². The van der Waals surface area contributed by atoms with Gasteiger partial charge in [0.15, 0.2) is 5.96 Å². The maximum absolute atomic E-state index is 5.84. The maximum Gasteiger partial charge on any atom is 0.193 e. The summed E-state index contributed by atoms with van der Waals surface area (Å²) in [6.45, 7) is 4.99. The molecule has 3 N–H and O–H groups in total. The van der Waals surface area contributed by atoms with E-state index in [0.29, 0.717) is 5.96 Å². The molecule has 0 fully saturated rings. The van der Waals surface area contributed by atoms with E-state index in [1.807, 2.05) is 17.8 Å². The number of thioether (sulfide) groups is 1. The Hall–Kier alpha value is -1.16. The summed E-state index contributed by atoms with van der Waals surface area (Å²) in [7, 11) is 0. The minimum absolute atomic E-state index is 0.502. The van der Waals surface area contributed by atoms with Gasteiger partial charge in [0.05, 0.1) is 0 Å². The molecule has 1 aromatic rings. The van der Waals surface area contributed by atoms with Crippen LogP contribution in [0.4, 0.5) is 5.69 Å². The van der Waals surface area contributed by atoms with Crippen LogP contribution in [-0.2, 0) is 0 Å². The molecule has 0 atom stereocenters. The van der Waals surface area contributed by atoms with E-state index in [1.165, 1.54) is 23.3 Å². The number of aliphatic imine (C=N–C) groups is 1. The molecule has 4 heteroatoms. The van der Waals surface area contributed by atoms with Gasteiger partial charge in [0.25, 0.3) is 0 Å². The number of hydrogen-bond donors (Lipinski definition) is 2. The number of anilines is 1. The highest BCUT2D eigenvalue weighted by atomic mass is 32.2. The molecule has 0 heterocycles. The Kier molecular flexibility index (Phi) is 6.65. The summed E-state index contributed by atoms with van der Waals surface area (Å²) in [5.41, 5.74) is 9.39. The molecule has 1 rings (SSSR count). The zero-order valence-electron chi connectivity index (χ0n) is 11.5. The summed E-state index contributed by atoms with van der Waals surface area (Å²) >= 11 is 1.87. The Morgan fingerprint density at radius 1 is 1.28 bits per heavy atom. The molecule has 0 aromatic heterocycles. The van der Waals surface area contributed by atoms with Crippen molar-refractivity contribution in [1.29, 1.82) is 0 Å². The van der Waals surface area contributed by atoms with Gasteiger partial charge in [-0.2, -0.15) is 11.8 Å². The van der Waals surface area contributed by atoms with Crippen molar-refractivity contribution >= 4 is 23.4 Å². The fourth-order valence-corrected chi connectivity index (χ4v) is 2.06. The molecule has 0 spiro atoms. The van der Waals surface area contributed by atoms with Crippen LogP contribution in [0.2, 0.25) is 0 Å². The van der Waals surface area contributed by atoms with Crippen molar-refractivity contribution < 1.29 is 0 Å². The van der Waals surface area contributed by atoms with Crippen LogP contribution in [0.3, 0.4) is 0 Å².